The second kappa shape index (κ2) is 8.59. The first-order valence-electron chi connectivity index (χ1n) is 7.50. The summed E-state index contributed by atoms with van der Waals surface area (Å²) in [5.41, 5.74) is 1.38. The van der Waals surface area contributed by atoms with Crippen LogP contribution in [-0.2, 0) is 6.42 Å². The molecule has 0 fully saturated rings. The third kappa shape index (κ3) is 4.64. The smallest absolute Gasteiger partial charge is 0.335 e. The molecule has 128 valence electrons. The fourth-order valence-electron chi connectivity index (χ4n) is 2.11. The molecule has 0 radical (unpaired) electrons. The lowest BCUT2D eigenvalue weighted by molar-refractivity contribution is 0.0696. The van der Waals surface area contributed by atoms with E-state index in [1.165, 1.54) is 24.8 Å². The summed E-state index contributed by atoms with van der Waals surface area (Å²) >= 11 is 3.31. The molecule has 0 saturated carbocycles. The summed E-state index contributed by atoms with van der Waals surface area (Å²) in [5.74, 6) is 0.559. The first-order chi connectivity index (χ1) is 11.5. The van der Waals surface area contributed by atoms with Gasteiger partial charge >= 0.3 is 5.97 Å². The molecule has 24 heavy (non-hydrogen) atoms. The SMILES string of the molecule is CCc1ccc(OCCOc2c(Br)cc(C(=O)O)cc2OC)cc1. The van der Waals surface area contributed by atoms with E-state index in [4.69, 9.17) is 19.3 Å². The van der Waals surface area contributed by atoms with Crippen molar-refractivity contribution < 1.29 is 24.1 Å². The molecule has 0 atom stereocenters. The lowest BCUT2D eigenvalue weighted by atomic mass is 10.2. The highest BCUT2D eigenvalue weighted by atomic mass is 79.9. The van der Waals surface area contributed by atoms with Crippen LogP contribution in [0.15, 0.2) is 40.9 Å². The number of halogens is 1. The van der Waals surface area contributed by atoms with Crippen LogP contribution in [0, 0.1) is 0 Å². The third-order valence-electron chi connectivity index (χ3n) is 3.41. The summed E-state index contributed by atoms with van der Waals surface area (Å²) in [6.07, 6.45) is 0.990. The summed E-state index contributed by atoms with van der Waals surface area (Å²) < 4.78 is 17.0. The van der Waals surface area contributed by atoms with Crippen LogP contribution in [0.3, 0.4) is 0 Å². The van der Waals surface area contributed by atoms with Gasteiger partial charge in [0.15, 0.2) is 11.5 Å². The third-order valence-corrected chi connectivity index (χ3v) is 4.00. The number of carboxylic acids is 1. The van der Waals surface area contributed by atoms with Gasteiger partial charge < -0.3 is 19.3 Å². The monoisotopic (exact) mass is 394 g/mol. The van der Waals surface area contributed by atoms with Gasteiger partial charge in [-0.25, -0.2) is 4.79 Å². The van der Waals surface area contributed by atoms with Crippen LogP contribution in [0.1, 0.15) is 22.8 Å². The standard InChI is InChI=1S/C18H19BrO5/c1-3-12-4-6-14(7-5-12)23-8-9-24-17-15(19)10-13(18(20)21)11-16(17)22-2/h4-7,10-11H,3,8-9H2,1-2H3,(H,20,21). The van der Waals surface area contributed by atoms with Crippen molar-refractivity contribution in [3.05, 3.63) is 52.0 Å². The number of methoxy groups -OCH3 is 1. The van der Waals surface area contributed by atoms with Gasteiger partial charge in [0.1, 0.15) is 19.0 Å². The lowest BCUT2D eigenvalue weighted by Crippen LogP contribution is -2.10. The zero-order valence-electron chi connectivity index (χ0n) is 13.5. The minimum Gasteiger partial charge on any atom is -0.493 e. The van der Waals surface area contributed by atoms with Crippen LogP contribution in [0.4, 0.5) is 0 Å². The Morgan fingerprint density at radius 3 is 2.38 bits per heavy atom. The number of hydrogen-bond donors (Lipinski definition) is 1. The van der Waals surface area contributed by atoms with Crippen LogP contribution in [-0.4, -0.2) is 31.4 Å². The molecular weight excluding hydrogens is 376 g/mol. The molecule has 0 aliphatic rings. The first-order valence-corrected chi connectivity index (χ1v) is 8.29. The van der Waals surface area contributed by atoms with E-state index >= 15 is 0 Å². The number of rotatable bonds is 8. The predicted molar refractivity (Wildman–Crippen MR) is 94.5 cm³/mol. The Balaban J connectivity index is 1.95. The number of carbonyl (C=O) groups is 1. The summed E-state index contributed by atoms with van der Waals surface area (Å²) in [5, 5.41) is 9.06. The van der Waals surface area contributed by atoms with Gasteiger partial charge in [-0.05, 0) is 52.2 Å². The molecule has 0 heterocycles. The van der Waals surface area contributed by atoms with Crippen molar-refractivity contribution in [1.29, 1.82) is 0 Å². The van der Waals surface area contributed by atoms with Crippen molar-refractivity contribution in [3.8, 4) is 17.2 Å². The Kier molecular flexibility index (Phi) is 6.49. The van der Waals surface area contributed by atoms with Gasteiger partial charge in [-0.1, -0.05) is 19.1 Å². The summed E-state index contributed by atoms with van der Waals surface area (Å²) in [6.45, 7) is 2.77. The maximum atomic E-state index is 11.1. The van der Waals surface area contributed by atoms with Crippen molar-refractivity contribution in [2.75, 3.05) is 20.3 Å². The molecular formula is C18H19BrO5. The van der Waals surface area contributed by atoms with E-state index in [0.717, 1.165) is 12.2 Å². The van der Waals surface area contributed by atoms with E-state index in [9.17, 15) is 4.79 Å². The van der Waals surface area contributed by atoms with Crippen molar-refractivity contribution >= 4 is 21.9 Å². The fraction of sp³-hybridized carbons (Fsp3) is 0.278. The van der Waals surface area contributed by atoms with Crippen LogP contribution >= 0.6 is 15.9 Å². The van der Waals surface area contributed by atoms with Gasteiger partial charge in [-0.15, -0.1) is 0 Å². The normalized spacial score (nSPS) is 10.3. The van der Waals surface area contributed by atoms with Gasteiger partial charge in [0, 0.05) is 0 Å². The number of hydrogen-bond acceptors (Lipinski definition) is 4. The second-order valence-corrected chi connectivity index (χ2v) is 5.84. The zero-order chi connectivity index (χ0) is 17.5. The minimum atomic E-state index is -1.03. The topological polar surface area (TPSA) is 65.0 Å². The minimum absolute atomic E-state index is 0.123. The highest BCUT2D eigenvalue weighted by molar-refractivity contribution is 9.10. The maximum absolute atomic E-state index is 11.1. The highest BCUT2D eigenvalue weighted by Crippen LogP contribution is 2.36. The molecule has 0 aliphatic carbocycles. The molecule has 5 nitrogen and oxygen atoms in total. The number of aryl methyl sites for hydroxylation is 1. The molecule has 0 bridgehead atoms. The van der Waals surface area contributed by atoms with Crippen molar-refractivity contribution in [2.45, 2.75) is 13.3 Å². The van der Waals surface area contributed by atoms with E-state index in [2.05, 4.69) is 22.9 Å². The predicted octanol–water partition coefficient (Wildman–Crippen LogP) is 4.18. The van der Waals surface area contributed by atoms with Crippen LogP contribution in [0.2, 0.25) is 0 Å². The number of aromatic carboxylic acids is 1. The van der Waals surface area contributed by atoms with Crippen molar-refractivity contribution in [2.24, 2.45) is 0 Å². The fourth-order valence-corrected chi connectivity index (χ4v) is 2.66. The average molecular weight is 395 g/mol. The molecule has 1 N–H and O–H groups in total. The zero-order valence-corrected chi connectivity index (χ0v) is 15.1. The van der Waals surface area contributed by atoms with Crippen LogP contribution in [0.5, 0.6) is 17.2 Å². The molecule has 0 amide bonds. The maximum Gasteiger partial charge on any atom is 0.335 e. The summed E-state index contributed by atoms with van der Waals surface area (Å²) in [4.78, 5) is 11.1. The van der Waals surface area contributed by atoms with Crippen molar-refractivity contribution in [1.82, 2.24) is 0 Å². The number of carboxylic acid groups (broad SMARTS) is 1. The molecule has 0 spiro atoms. The molecule has 0 aromatic heterocycles. The highest BCUT2D eigenvalue weighted by Gasteiger charge is 2.15. The van der Waals surface area contributed by atoms with Gasteiger partial charge in [-0.3, -0.25) is 0 Å². The molecule has 0 saturated heterocycles. The first kappa shape index (κ1) is 18.1. The molecule has 0 unspecified atom stereocenters. The van der Waals surface area contributed by atoms with Gasteiger partial charge in [0.05, 0.1) is 17.1 Å². The quantitative estimate of drug-likeness (QED) is 0.680. The molecule has 2 aromatic rings. The van der Waals surface area contributed by atoms with E-state index in [0.29, 0.717) is 29.2 Å². The Morgan fingerprint density at radius 1 is 1.12 bits per heavy atom. The Hall–Kier alpha value is -2.21. The Bertz CT molecular complexity index is 697. The number of ether oxygens (including phenoxy) is 3. The van der Waals surface area contributed by atoms with Gasteiger partial charge in [0.25, 0.3) is 0 Å². The Labute approximate surface area is 149 Å². The molecule has 2 aromatic carbocycles. The van der Waals surface area contributed by atoms with E-state index in [-0.39, 0.29) is 5.56 Å². The van der Waals surface area contributed by atoms with Gasteiger partial charge in [0.2, 0.25) is 0 Å². The summed E-state index contributed by atoms with van der Waals surface area (Å²) in [6, 6.07) is 10.8. The Morgan fingerprint density at radius 2 is 1.79 bits per heavy atom. The molecule has 0 aliphatic heterocycles. The van der Waals surface area contributed by atoms with E-state index in [1.54, 1.807) is 0 Å². The number of benzene rings is 2. The molecule has 6 heteroatoms. The largest absolute Gasteiger partial charge is 0.493 e. The average Bonchev–Trinajstić information content (AvgIpc) is 2.59. The summed E-state index contributed by atoms with van der Waals surface area (Å²) in [7, 11) is 1.46. The van der Waals surface area contributed by atoms with E-state index in [1.807, 2.05) is 24.3 Å². The van der Waals surface area contributed by atoms with Crippen LogP contribution in [0.25, 0.3) is 0 Å². The van der Waals surface area contributed by atoms with Gasteiger partial charge in [-0.2, -0.15) is 0 Å². The lowest BCUT2D eigenvalue weighted by Gasteiger charge is -2.14. The van der Waals surface area contributed by atoms with Crippen LogP contribution < -0.4 is 14.2 Å². The molecule has 2 rings (SSSR count). The van der Waals surface area contributed by atoms with E-state index < -0.39 is 5.97 Å². The second-order valence-electron chi connectivity index (χ2n) is 4.99. The van der Waals surface area contributed by atoms with Crippen molar-refractivity contribution in [3.63, 3.8) is 0 Å².